The number of allylic oxidation sites excluding steroid dienone is 2. The van der Waals surface area contributed by atoms with Gasteiger partial charge in [-0.25, -0.2) is 0 Å². The SMILES string of the molecule is CC(=O)/C=C(/C)O.[Ir].[c-]1ccccc1-c1cc2c3c(cccc3n1)C=C2. The number of rotatable bonds is 2. The van der Waals surface area contributed by atoms with Gasteiger partial charge in [0.1, 0.15) is 0 Å². The van der Waals surface area contributed by atoms with Crippen molar-refractivity contribution in [2.45, 2.75) is 13.8 Å². The van der Waals surface area contributed by atoms with E-state index in [1.165, 1.54) is 36.4 Å². The summed E-state index contributed by atoms with van der Waals surface area (Å²) in [5.41, 5.74) is 5.60. The second kappa shape index (κ2) is 8.70. The molecule has 4 rings (SSSR count). The Morgan fingerprint density at radius 1 is 1.08 bits per heavy atom. The van der Waals surface area contributed by atoms with Crippen molar-refractivity contribution in [2.24, 2.45) is 0 Å². The molecule has 0 fully saturated rings. The number of aromatic nitrogens is 1. The molecule has 1 aromatic heterocycles. The number of carbonyl (C=O) groups is 1. The first kappa shape index (κ1) is 19.8. The van der Waals surface area contributed by atoms with Gasteiger partial charge in [0.15, 0.2) is 5.78 Å². The Kier molecular flexibility index (Phi) is 6.62. The molecule has 0 spiro atoms. The van der Waals surface area contributed by atoms with Gasteiger partial charge < -0.3 is 5.11 Å². The molecular formula is C22H18IrNO2-. The van der Waals surface area contributed by atoms with Crippen LogP contribution >= 0.6 is 0 Å². The van der Waals surface area contributed by atoms with Crippen molar-refractivity contribution in [1.29, 1.82) is 0 Å². The minimum absolute atomic E-state index is 0. The van der Waals surface area contributed by atoms with Gasteiger partial charge >= 0.3 is 0 Å². The van der Waals surface area contributed by atoms with Gasteiger partial charge in [-0.3, -0.25) is 9.78 Å². The first-order valence-corrected chi connectivity index (χ1v) is 8.01. The molecule has 0 bridgehead atoms. The molecule has 4 heteroatoms. The van der Waals surface area contributed by atoms with Crippen molar-refractivity contribution < 1.29 is 30.0 Å². The number of hydrogen-bond acceptors (Lipinski definition) is 3. The second-order valence-corrected chi connectivity index (χ2v) is 5.84. The number of hydrogen-bond donors (Lipinski definition) is 1. The molecule has 1 aliphatic rings. The van der Waals surface area contributed by atoms with Gasteiger partial charge in [-0.1, -0.05) is 30.4 Å². The van der Waals surface area contributed by atoms with E-state index in [4.69, 9.17) is 10.1 Å². The van der Waals surface area contributed by atoms with Crippen LogP contribution in [0.15, 0.2) is 60.4 Å². The molecule has 1 radical (unpaired) electrons. The third-order valence-electron chi connectivity index (χ3n) is 3.74. The monoisotopic (exact) mass is 521 g/mol. The van der Waals surface area contributed by atoms with E-state index in [1.807, 2.05) is 24.3 Å². The topological polar surface area (TPSA) is 50.2 Å². The quantitative estimate of drug-likeness (QED) is 0.224. The summed E-state index contributed by atoms with van der Waals surface area (Å²) in [5.74, 6) is -0.0625. The summed E-state index contributed by atoms with van der Waals surface area (Å²) >= 11 is 0. The van der Waals surface area contributed by atoms with Crippen LogP contribution in [0.5, 0.6) is 0 Å². The molecule has 3 aromatic rings. The van der Waals surface area contributed by atoms with Gasteiger partial charge in [0.05, 0.1) is 11.3 Å². The Bertz CT molecular complexity index is 988. The van der Waals surface area contributed by atoms with E-state index in [0.29, 0.717) is 0 Å². The number of benzene rings is 2. The zero-order valence-electron chi connectivity index (χ0n) is 14.5. The predicted octanol–water partition coefficient (Wildman–Crippen LogP) is 5.22. The van der Waals surface area contributed by atoms with Gasteiger partial charge in [-0.2, -0.15) is 0 Å². The maximum Gasteiger partial charge on any atom is 0.155 e. The zero-order valence-corrected chi connectivity index (χ0v) is 16.9. The summed E-state index contributed by atoms with van der Waals surface area (Å²) in [6.07, 6.45) is 5.48. The molecule has 0 amide bonds. The van der Waals surface area contributed by atoms with Crippen LogP contribution in [-0.4, -0.2) is 15.9 Å². The number of nitrogens with zero attached hydrogens (tertiary/aromatic N) is 1. The Balaban J connectivity index is 0.000000265. The largest absolute Gasteiger partial charge is 0.512 e. The van der Waals surface area contributed by atoms with Gasteiger partial charge in [-0.05, 0) is 36.7 Å². The molecule has 2 aromatic carbocycles. The Morgan fingerprint density at radius 3 is 2.46 bits per heavy atom. The molecule has 0 saturated carbocycles. The van der Waals surface area contributed by atoms with E-state index < -0.39 is 0 Å². The number of aliphatic hydroxyl groups is 1. The molecule has 0 aliphatic heterocycles. The molecule has 1 N–H and O–H groups in total. The fourth-order valence-corrected chi connectivity index (χ4v) is 2.78. The molecule has 26 heavy (non-hydrogen) atoms. The van der Waals surface area contributed by atoms with Gasteiger partial charge in [0, 0.05) is 31.6 Å². The van der Waals surface area contributed by atoms with Crippen LogP contribution in [0, 0.1) is 6.07 Å². The first-order chi connectivity index (χ1) is 12.0. The molecule has 1 heterocycles. The number of pyridine rings is 1. The van der Waals surface area contributed by atoms with Crippen molar-refractivity contribution >= 4 is 28.8 Å². The van der Waals surface area contributed by atoms with Gasteiger partial charge in [-0.15, -0.1) is 35.9 Å². The third-order valence-corrected chi connectivity index (χ3v) is 3.74. The predicted molar refractivity (Wildman–Crippen MR) is 102 cm³/mol. The van der Waals surface area contributed by atoms with Crippen LogP contribution in [-0.2, 0) is 24.9 Å². The summed E-state index contributed by atoms with van der Waals surface area (Å²) in [6, 6.07) is 19.6. The molecule has 0 unspecified atom stereocenters. The fourth-order valence-electron chi connectivity index (χ4n) is 2.78. The van der Waals surface area contributed by atoms with E-state index in [2.05, 4.69) is 42.5 Å². The van der Waals surface area contributed by atoms with Gasteiger partial charge in [0.2, 0.25) is 0 Å². The van der Waals surface area contributed by atoms with E-state index >= 15 is 0 Å². The standard InChI is InChI=1S/C17H10N.C5H8O2.Ir/c1-2-5-12(6-3-1)16-11-14-10-9-13-7-4-8-15(18-16)17(13)14;1-4(6)3-5(2)7;/h1-5,7-11H;3,6H,1-2H3;/q-1;;/b;4-3-;. The number of ketones is 1. The maximum absolute atomic E-state index is 10.0. The van der Waals surface area contributed by atoms with Crippen molar-refractivity contribution in [2.75, 3.05) is 0 Å². The van der Waals surface area contributed by atoms with Crippen LogP contribution in [0.4, 0.5) is 0 Å². The van der Waals surface area contributed by atoms with E-state index in [9.17, 15) is 4.79 Å². The summed E-state index contributed by atoms with van der Waals surface area (Å²) in [6.45, 7) is 2.85. The molecule has 133 valence electrons. The second-order valence-electron chi connectivity index (χ2n) is 5.84. The summed E-state index contributed by atoms with van der Waals surface area (Å²) in [5, 5.41) is 9.62. The minimum Gasteiger partial charge on any atom is -0.512 e. The fraction of sp³-hybridized carbons (Fsp3) is 0.0909. The van der Waals surface area contributed by atoms with Crippen LogP contribution in [0.2, 0.25) is 0 Å². The summed E-state index contributed by atoms with van der Waals surface area (Å²) < 4.78 is 0. The molecule has 0 atom stereocenters. The number of aliphatic hydroxyl groups excluding tert-OH is 1. The summed E-state index contributed by atoms with van der Waals surface area (Å²) in [7, 11) is 0. The Morgan fingerprint density at radius 2 is 1.85 bits per heavy atom. The number of carbonyl (C=O) groups excluding carboxylic acids is 1. The molecule has 0 saturated heterocycles. The van der Waals surface area contributed by atoms with Crippen LogP contribution < -0.4 is 0 Å². The van der Waals surface area contributed by atoms with E-state index in [0.717, 1.165) is 16.8 Å². The zero-order chi connectivity index (χ0) is 17.8. The van der Waals surface area contributed by atoms with Crippen LogP contribution in [0.25, 0.3) is 34.3 Å². The minimum atomic E-state index is -0.125. The van der Waals surface area contributed by atoms with Crippen molar-refractivity contribution in [3.05, 3.63) is 77.6 Å². The Labute approximate surface area is 166 Å². The van der Waals surface area contributed by atoms with Crippen LogP contribution in [0.1, 0.15) is 25.0 Å². The normalized spacial score (nSPS) is 11.5. The van der Waals surface area contributed by atoms with E-state index in [1.54, 1.807) is 0 Å². The molecular weight excluding hydrogens is 502 g/mol. The van der Waals surface area contributed by atoms with Crippen molar-refractivity contribution in [1.82, 2.24) is 4.98 Å². The molecule has 3 nitrogen and oxygen atoms in total. The average molecular weight is 521 g/mol. The maximum atomic E-state index is 10.0. The molecule has 1 aliphatic carbocycles. The smallest absolute Gasteiger partial charge is 0.155 e. The van der Waals surface area contributed by atoms with Crippen LogP contribution in [0.3, 0.4) is 0 Å². The van der Waals surface area contributed by atoms with Gasteiger partial charge in [0.25, 0.3) is 0 Å². The van der Waals surface area contributed by atoms with Crippen molar-refractivity contribution in [3.8, 4) is 11.3 Å². The summed E-state index contributed by atoms with van der Waals surface area (Å²) in [4.78, 5) is 14.8. The van der Waals surface area contributed by atoms with Crippen molar-refractivity contribution in [3.63, 3.8) is 0 Å². The average Bonchev–Trinajstić information content (AvgIpc) is 3.00. The van der Waals surface area contributed by atoms with E-state index in [-0.39, 0.29) is 31.6 Å². The first-order valence-electron chi connectivity index (χ1n) is 8.01. The Hall–Kier alpha value is -2.55. The third kappa shape index (κ3) is 4.54.